The number of likely N-dealkylation sites (N-methyl/N-ethyl adjacent to an activating group) is 1. The largest absolute Gasteiger partial charge is 0.336 e. The highest BCUT2D eigenvalue weighted by molar-refractivity contribution is 5.92. The van der Waals surface area contributed by atoms with Crippen LogP contribution >= 0.6 is 0 Å². The average Bonchev–Trinajstić information content (AvgIpc) is 2.89. The van der Waals surface area contributed by atoms with Gasteiger partial charge < -0.3 is 10.2 Å². The lowest BCUT2D eigenvalue weighted by Gasteiger charge is -2.32. The third-order valence-electron chi connectivity index (χ3n) is 3.83. The van der Waals surface area contributed by atoms with Gasteiger partial charge in [-0.05, 0) is 39.3 Å². The molecule has 5 heteroatoms. The SMILES string of the molecule is CCc1cc(C(=O)N2CCCC(NC)C2)n(CC)n1. The molecule has 1 aliphatic heterocycles. The molecule has 0 saturated carbocycles. The topological polar surface area (TPSA) is 50.2 Å². The highest BCUT2D eigenvalue weighted by atomic mass is 16.2. The molecule has 1 aromatic rings. The fourth-order valence-electron chi connectivity index (χ4n) is 2.62. The molecular weight excluding hydrogens is 240 g/mol. The Morgan fingerprint density at radius 2 is 2.32 bits per heavy atom. The quantitative estimate of drug-likeness (QED) is 0.891. The fraction of sp³-hybridized carbons (Fsp3) is 0.714. The zero-order valence-corrected chi connectivity index (χ0v) is 12.1. The number of aromatic nitrogens is 2. The molecule has 0 aromatic carbocycles. The van der Waals surface area contributed by atoms with Crippen molar-refractivity contribution in [1.29, 1.82) is 0 Å². The van der Waals surface area contributed by atoms with E-state index in [1.165, 1.54) is 0 Å². The molecule has 0 bridgehead atoms. The highest BCUT2D eigenvalue weighted by Gasteiger charge is 2.25. The maximum absolute atomic E-state index is 12.6. The summed E-state index contributed by atoms with van der Waals surface area (Å²) < 4.78 is 1.82. The molecule has 19 heavy (non-hydrogen) atoms. The molecule has 2 rings (SSSR count). The number of hydrogen-bond donors (Lipinski definition) is 1. The first-order chi connectivity index (χ1) is 9.19. The van der Waals surface area contributed by atoms with Gasteiger partial charge in [0.15, 0.2) is 0 Å². The lowest BCUT2D eigenvalue weighted by molar-refractivity contribution is 0.0685. The molecule has 0 spiro atoms. The number of piperidine rings is 1. The van der Waals surface area contributed by atoms with Crippen molar-refractivity contribution in [3.63, 3.8) is 0 Å². The lowest BCUT2D eigenvalue weighted by atomic mass is 10.1. The van der Waals surface area contributed by atoms with Crippen molar-refractivity contribution in [3.05, 3.63) is 17.5 Å². The van der Waals surface area contributed by atoms with Gasteiger partial charge in [-0.15, -0.1) is 0 Å². The van der Waals surface area contributed by atoms with Gasteiger partial charge in [-0.1, -0.05) is 6.92 Å². The number of nitrogens with zero attached hydrogens (tertiary/aromatic N) is 3. The summed E-state index contributed by atoms with van der Waals surface area (Å²) in [5, 5.41) is 7.72. The molecule has 1 atom stereocenters. The van der Waals surface area contributed by atoms with Crippen molar-refractivity contribution in [2.24, 2.45) is 0 Å². The Bertz CT molecular complexity index is 441. The van der Waals surface area contributed by atoms with Crippen molar-refractivity contribution in [3.8, 4) is 0 Å². The van der Waals surface area contributed by atoms with E-state index in [0.29, 0.717) is 6.04 Å². The molecule has 1 saturated heterocycles. The average molecular weight is 264 g/mol. The Hall–Kier alpha value is -1.36. The fourth-order valence-corrected chi connectivity index (χ4v) is 2.62. The predicted molar refractivity (Wildman–Crippen MR) is 75.3 cm³/mol. The first-order valence-electron chi connectivity index (χ1n) is 7.22. The molecule has 0 aliphatic carbocycles. The van der Waals surface area contributed by atoms with Crippen LogP contribution in [0.5, 0.6) is 0 Å². The lowest BCUT2D eigenvalue weighted by Crippen LogP contribution is -2.47. The monoisotopic (exact) mass is 264 g/mol. The zero-order chi connectivity index (χ0) is 13.8. The molecule has 1 unspecified atom stereocenters. The molecule has 1 amide bonds. The summed E-state index contributed by atoms with van der Waals surface area (Å²) in [4.78, 5) is 14.6. The summed E-state index contributed by atoms with van der Waals surface area (Å²) in [6.45, 7) is 6.48. The smallest absolute Gasteiger partial charge is 0.272 e. The zero-order valence-electron chi connectivity index (χ0n) is 12.1. The first-order valence-corrected chi connectivity index (χ1v) is 7.22. The number of nitrogens with one attached hydrogen (secondary N) is 1. The Morgan fingerprint density at radius 3 is 2.95 bits per heavy atom. The van der Waals surface area contributed by atoms with Crippen LogP contribution in [0.4, 0.5) is 0 Å². The van der Waals surface area contributed by atoms with Gasteiger partial charge in [0.2, 0.25) is 0 Å². The van der Waals surface area contributed by atoms with Gasteiger partial charge in [-0.3, -0.25) is 9.48 Å². The normalized spacial score (nSPS) is 19.7. The van der Waals surface area contributed by atoms with Crippen LogP contribution in [0, 0.1) is 0 Å². The van der Waals surface area contributed by atoms with E-state index in [2.05, 4.69) is 17.3 Å². The summed E-state index contributed by atoms with van der Waals surface area (Å²) >= 11 is 0. The summed E-state index contributed by atoms with van der Waals surface area (Å²) in [6.07, 6.45) is 3.08. The van der Waals surface area contributed by atoms with Crippen LogP contribution in [0.25, 0.3) is 0 Å². The number of rotatable bonds is 4. The van der Waals surface area contributed by atoms with E-state index in [9.17, 15) is 4.79 Å². The van der Waals surface area contributed by atoms with Crippen LogP contribution in [0.1, 0.15) is 42.9 Å². The van der Waals surface area contributed by atoms with Gasteiger partial charge in [0, 0.05) is 25.7 Å². The second-order valence-electron chi connectivity index (χ2n) is 5.07. The molecule has 5 nitrogen and oxygen atoms in total. The summed E-state index contributed by atoms with van der Waals surface area (Å²) in [5.41, 5.74) is 1.73. The number of amides is 1. The summed E-state index contributed by atoms with van der Waals surface area (Å²) in [6, 6.07) is 2.36. The van der Waals surface area contributed by atoms with Crippen LogP contribution in [0.2, 0.25) is 0 Å². The second kappa shape index (κ2) is 6.19. The minimum Gasteiger partial charge on any atom is -0.336 e. The first kappa shape index (κ1) is 14.1. The van der Waals surface area contributed by atoms with Gasteiger partial charge in [0.25, 0.3) is 5.91 Å². The van der Waals surface area contributed by atoms with E-state index in [0.717, 1.165) is 50.3 Å². The van der Waals surface area contributed by atoms with Crippen molar-refractivity contribution in [2.45, 2.75) is 45.7 Å². The van der Waals surface area contributed by atoms with Gasteiger partial charge in [0.05, 0.1) is 5.69 Å². The van der Waals surface area contributed by atoms with E-state index in [1.807, 2.05) is 29.6 Å². The van der Waals surface area contributed by atoms with Crippen molar-refractivity contribution in [1.82, 2.24) is 20.0 Å². The van der Waals surface area contributed by atoms with Crippen LogP contribution in [-0.2, 0) is 13.0 Å². The van der Waals surface area contributed by atoms with Crippen molar-refractivity contribution >= 4 is 5.91 Å². The molecule has 2 heterocycles. The molecular formula is C14H24N4O. The number of carbonyl (C=O) groups is 1. The van der Waals surface area contributed by atoms with E-state index in [1.54, 1.807) is 0 Å². The Labute approximate surface area is 115 Å². The maximum atomic E-state index is 12.6. The molecule has 1 fully saturated rings. The Kier molecular flexibility index (Phi) is 4.58. The molecule has 1 aromatic heterocycles. The van der Waals surface area contributed by atoms with E-state index < -0.39 is 0 Å². The molecule has 106 valence electrons. The third-order valence-corrected chi connectivity index (χ3v) is 3.83. The van der Waals surface area contributed by atoms with Crippen molar-refractivity contribution in [2.75, 3.05) is 20.1 Å². The Balaban J connectivity index is 2.16. The summed E-state index contributed by atoms with van der Waals surface area (Å²) in [7, 11) is 1.96. The number of carbonyl (C=O) groups excluding carboxylic acids is 1. The number of likely N-dealkylation sites (tertiary alicyclic amines) is 1. The van der Waals surface area contributed by atoms with E-state index in [4.69, 9.17) is 0 Å². The minimum absolute atomic E-state index is 0.119. The number of hydrogen-bond acceptors (Lipinski definition) is 3. The van der Waals surface area contributed by atoms with Gasteiger partial charge in [0.1, 0.15) is 5.69 Å². The van der Waals surface area contributed by atoms with Gasteiger partial charge >= 0.3 is 0 Å². The standard InChI is InChI=1S/C14H24N4O/c1-4-11-9-13(18(5-2)16-11)14(19)17-8-6-7-12(10-17)15-3/h9,12,15H,4-8,10H2,1-3H3. The third kappa shape index (κ3) is 2.97. The summed E-state index contributed by atoms with van der Waals surface area (Å²) in [5.74, 6) is 0.119. The second-order valence-corrected chi connectivity index (χ2v) is 5.07. The van der Waals surface area contributed by atoms with E-state index >= 15 is 0 Å². The number of aryl methyl sites for hydroxylation is 2. The predicted octanol–water partition coefficient (Wildman–Crippen LogP) is 1.29. The van der Waals surface area contributed by atoms with Crippen LogP contribution < -0.4 is 5.32 Å². The van der Waals surface area contributed by atoms with Crippen LogP contribution in [0.15, 0.2) is 6.07 Å². The molecule has 1 N–H and O–H groups in total. The van der Waals surface area contributed by atoms with E-state index in [-0.39, 0.29) is 5.91 Å². The van der Waals surface area contributed by atoms with Gasteiger partial charge in [-0.2, -0.15) is 5.10 Å². The highest BCUT2D eigenvalue weighted by Crippen LogP contribution is 2.15. The minimum atomic E-state index is 0.119. The van der Waals surface area contributed by atoms with Gasteiger partial charge in [-0.25, -0.2) is 0 Å². The Morgan fingerprint density at radius 1 is 1.53 bits per heavy atom. The maximum Gasteiger partial charge on any atom is 0.272 e. The van der Waals surface area contributed by atoms with Crippen LogP contribution in [0.3, 0.4) is 0 Å². The molecule has 0 radical (unpaired) electrons. The molecule has 1 aliphatic rings. The van der Waals surface area contributed by atoms with Crippen molar-refractivity contribution < 1.29 is 4.79 Å². The van der Waals surface area contributed by atoms with Crippen LogP contribution in [-0.4, -0.2) is 46.8 Å².